The molecule has 1 unspecified atom stereocenters. The van der Waals surface area contributed by atoms with Crippen molar-refractivity contribution in [2.45, 2.75) is 19.1 Å². The number of benzene rings is 2. The van der Waals surface area contributed by atoms with E-state index >= 15 is 0 Å². The van der Waals surface area contributed by atoms with Crippen LogP contribution in [0.2, 0.25) is 0 Å². The van der Waals surface area contributed by atoms with Gasteiger partial charge >= 0.3 is 29.6 Å². The smallest absolute Gasteiger partial charge is 0.547 e. The molecule has 1 atom stereocenters. The summed E-state index contributed by atoms with van der Waals surface area (Å²) in [5, 5.41) is 20.9. The summed E-state index contributed by atoms with van der Waals surface area (Å²) in [7, 11) is 4.04. The van der Waals surface area contributed by atoms with Crippen LogP contribution in [0.4, 0.5) is 0 Å². The van der Waals surface area contributed by atoms with Crippen molar-refractivity contribution < 1.29 is 49.3 Å². The van der Waals surface area contributed by atoms with Crippen molar-refractivity contribution in [1.82, 2.24) is 4.90 Å². The number of hydrogen-bond acceptors (Lipinski definition) is 5. The van der Waals surface area contributed by atoms with E-state index in [1.54, 1.807) is 18.2 Å². The van der Waals surface area contributed by atoms with E-state index in [2.05, 4.69) is 11.0 Å². The molecule has 6 heteroatoms. The fourth-order valence-corrected chi connectivity index (χ4v) is 3.09. The van der Waals surface area contributed by atoms with Gasteiger partial charge in [0.15, 0.2) is 0 Å². The molecule has 0 aromatic heterocycles. The quantitative estimate of drug-likeness (QED) is 0.662. The number of carboxylic acid groups (broad SMARTS) is 1. The van der Waals surface area contributed by atoms with E-state index in [4.69, 9.17) is 4.74 Å². The third-order valence-corrected chi connectivity index (χ3v) is 4.45. The number of aliphatic carboxylic acids is 1. The van der Waals surface area contributed by atoms with E-state index in [9.17, 15) is 15.0 Å². The fourth-order valence-electron chi connectivity index (χ4n) is 3.09. The van der Waals surface area contributed by atoms with Gasteiger partial charge in [0.2, 0.25) is 0 Å². The second-order valence-electron chi connectivity index (χ2n) is 6.63. The van der Waals surface area contributed by atoms with Crippen LogP contribution in [-0.4, -0.2) is 36.6 Å². The van der Waals surface area contributed by atoms with Crippen LogP contribution in [0, 0.1) is 0 Å². The van der Waals surface area contributed by atoms with Crippen molar-refractivity contribution in [1.29, 1.82) is 0 Å². The van der Waals surface area contributed by atoms with E-state index in [0.717, 1.165) is 35.2 Å². The third kappa shape index (κ3) is 5.00. The van der Waals surface area contributed by atoms with Crippen LogP contribution in [0.1, 0.15) is 34.8 Å². The number of carbonyl (C=O) groups excluding carboxylic acids is 1. The molecular weight excluding hydrogens is 353 g/mol. The van der Waals surface area contributed by atoms with E-state index in [0.29, 0.717) is 12.4 Å². The van der Waals surface area contributed by atoms with E-state index in [1.165, 1.54) is 0 Å². The van der Waals surface area contributed by atoms with Gasteiger partial charge in [-0.15, -0.1) is 0 Å². The molecule has 2 aromatic carbocycles. The second kappa shape index (κ2) is 9.53. The predicted octanol–water partition coefficient (Wildman–Crippen LogP) is -1.25. The van der Waals surface area contributed by atoms with E-state index in [-0.39, 0.29) is 35.1 Å². The molecule has 3 rings (SSSR count). The minimum Gasteiger partial charge on any atom is -0.547 e. The Morgan fingerprint density at radius 3 is 2.70 bits per heavy atom. The molecule has 0 bridgehead atoms. The van der Waals surface area contributed by atoms with E-state index < -0.39 is 12.1 Å². The Morgan fingerprint density at radius 2 is 2.00 bits per heavy atom. The average Bonchev–Trinajstić information content (AvgIpc) is 2.78. The third-order valence-electron chi connectivity index (χ3n) is 4.45. The molecule has 0 radical (unpaired) electrons. The zero-order chi connectivity index (χ0) is 18.7. The van der Waals surface area contributed by atoms with Gasteiger partial charge in [-0.05, 0) is 54.9 Å². The summed E-state index contributed by atoms with van der Waals surface area (Å²) < 4.78 is 5.93. The van der Waals surface area contributed by atoms with Crippen molar-refractivity contribution >= 4 is 11.5 Å². The monoisotopic (exact) mass is 375 g/mol. The minimum atomic E-state index is -1.66. The number of nitrogens with zero attached hydrogens (tertiary/aromatic N) is 1. The van der Waals surface area contributed by atoms with Crippen molar-refractivity contribution in [2.75, 3.05) is 20.6 Å². The first-order valence-electron chi connectivity index (χ1n) is 8.56. The SMILES string of the molecule is CN(C)CC/C=C1/c2ccccc2COc2ccc(C(O)C(=O)[O-])cc21.[Na+]. The molecule has 1 heterocycles. The van der Waals surface area contributed by atoms with Gasteiger partial charge in [0.1, 0.15) is 18.5 Å². The van der Waals surface area contributed by atoms with Crippen LogP contribution in [0.15, 0.2) is 48.5 Å². The van der Waals surface area contributed by atoms with Gasteiger partial charge in [0.25, 0.3) is 0 Å². The number of aliphatic hydroxyl groups excluding tert-OH is 1. The molecule has 5 nitrogen and oxygen atoms in total. The Morgan fingerprint density at radius 1 is 1.26 bits per heavy atom. The Kier molecular flexibility index (Phi) is 7.65. The van der Waals surface area contributed by atoms with Crippen LogP contribution in [0.25, 0.3) is 5.57 Å². The van der Waals surface area contributed by atoms with Crippen LogP contribution < -0.4 is 39.4 Å². The number of hydrogen-bond donors (Lipinski definition) is 1. The molecule has 1 N–H and O–H groups in total. The molecule has 1 aliphatic heterocycles. The van der Waals surface area contributed by atoms with Gasteiger partial charge in [0.05, 0.1) is 5.97 Å². The summed E-state index contributed by atoms with van der Waals surface area (Å²) in [5.41, 5.74) is 4.19. The molecule has 0 saturated carbocycles. The maximum absolute atomic E-state index is 11.1. The molecule has 0 spiro atoms. The van der Waals surface area contributed by atoms with Gasteiger partial charge in [-0.3, -0.25) is 0 Å². The van der Waals surface area contributed by atoms with Crippen LogP contribution in [0.5, 0.6) is 5.75 Å². The standard InChI is InChI=1S/C21H23NO4.Na/c1-22(2)11-5-8-17-16-7-4-3-6-15(16)13-26-19-10-9-14(12-18(17)19)20(23)21(24)25;/h3-4,6-10,12,20,23H,5,11,13H2,1-2H3,(H,24,25);/q;+1/p-1/b17-8-;. The molecular formula is C21H22NNaO4. The van der Waals surface area contributed by atoms with Crippen molar-refractivity contribution in [3.63, 3.8) is 0 Å². The summed E-state index contributed by atoms with van der Waals surface area (Å²) in [6.07, 6.45) is 1.31. The summed E-state index contributed by atoms with van der Waals surface area (Å²) in [6, 6.07) is 13.0. The first-order valence-corrected chi connectivity index (χ1v) is 8.56. The van der Waals surface area contributed by atoms with Crippen LogP contribution in [0.3, 0.4) is 0 Å². The van der Waals surface area contributed by atoms with Gasteiger partial charge in [0, 0.05) is 12.1 Å². The summed E-state index contributed by atoms with van der Waals surface area (Å²) in [4.78, 5) is 13.2. The maximum Gasteiger partial charge on any atom is 1.00 e. The van der Waals surface area contributed by atoms with Crippen molar-refractivity contribution in [3.8, 4) is 5.75 Å². The van der Waals surface area contributed by atoms with Crippen molar-refractivity contribution in [3.05, 3.63) is 70.8 Å². The molecule has 1 aliphatic rings. The summed E-state index contributed by atoms with van der Waals surface area (Å²) in [6.45, 7) is 1.33. The average molecular weight is 375 g/mol. The Labute approximate surface area is 181 Å². The Bertz CT molecular complexity index is 848. The molecule has 0 amide bonds. The summed E-state index contributed by atoms with van der Waals surface area (Å²) in [5.74, 6) is -0.843. The maximum atomic E-state index is 11.1. The zero-order valence-corrected chi connectivity index (χ0v) is 17.9. The number of carbonyl (C=O) groups is 1. The van der Waals surface area contributed by atoms with E-state index in [1.807, 2.05) is 38.4 Å². The number of ether oxygens (including phenoxy) is 1. The molecule has 0 fully saturated rings. The molecule has 2 aromatic rings. The van der Waals surface area contributed by atoms with Gasteiger partial charge in [-0.25, -0.2) is 0 Å². The molecule has 0 aliphatic carbocycles. The Balaban J connectivity index is 0.00000261. The normalized spacial score (nSPS) is 15.2. The van der Waals surface area contributed by atoms with Gasteiger partial charge in [-0.1, -0.05) is 36.4 Å². The molecule has 136 valence electrons. The largest absolute Gasteiger partial charge is 1.00 e. The summed E-state index contributed by atoms with van der Waals surface area (Å²) >= 11 is 0. The second-order valence-corrected chi connectivity index (χ2v) is 6.63. The van der Waals surface area contributed by atoms with Crippen molar-refractivity contribution in [2.24, 2.45) is 0 Å². The van der Waals surface area contributed by atoms with Gasteiger partial charge in [-0.2, -0.15) is 0 Å². The minimum absolute atomic E-state index is 0. The van der Waals surface area contributed by atoms with Crippen LogP contribution >= 0.6 is 0 Å². The topological polar surface area (TPSA) is 72.8 Å². The molecule has 0 saturated heterocycles. The predicted molar refractivity (Wildman–Crippen MR) is 97.4 cm³/mol. The number of rotatable bonds is 5. The number of carboxylic acids is 1. The number of fused-ring (bicyclic) bond motifs is 2. The number of aliphatic hydroxyl groups is 1. The van der Waals surface area contributed by atoms with Crippen LogP contribution in [-0.2, 0) is 11.4 Å². The first kappa shape index (κ1) is 21.7. The Hall–Kier alpha value is -1.63. The zero-order valence-electron chi connectivity index (χ0n) is 15.9. The first-order chi connectivity index (χ1) is 12.5. The molecule has 27 heavy (non-hydrogen) atoms. The fraction of sp³-hybridized carbons (Fsp3) is 0.286. The van der Waals surface area contributed by atoms with Gasteiger partial charge < -0.3 is 24.6 Å².